The van der Waals surface area contributed by atoms with Gasteiger partial charge in [0.05, 0.1) is 11.8 Å². The van der Waals surface area contributed by atoms with Gasteiger partial charge in [-0.3, -0.25) is 24.2 Å². The minimum atomic E-state index is -0.137. The summed E-state index contributed by atoms with van der Waals surface area (Å²) in [6.45, 7) is 3.24. The molecule has 1 N–H and O–H groups in total. The summed E-state index contributed by atoms with van der Waals surface area (Å²) < 4.78 is 0. The Balaban J connectivity index is 0.00000231. The van der Waals surface area contributed by atoms with E-state index in [0.29, 0.717) is 11.8 Å². The van der Waals surface area contributed by atoms with Crippen molar-refractivity contribution in [3.05, 3.63) is 29.8 Å². The van der Waals surface area contributed by atoms with Crippen molar-refractivity contribution in [3.8, 4) is 0 Å². The molecule has 0 aromatic heterocycles. The number of rotatable bonds is 6. The van der Waals surface area contributed by atoms with Crippen LogP contribution in [0.5, 0.6) is 0 Å². The quantitative estimate of drug-likeness (QED) is 0.681. The molecule has 0 spiro atoms. The number of fused-ring (bicyclic) bond motifs is 5. The second kappa shape index (κ2) is 9.29. The molecular formula is C24H32ClN3O3. The third kappa shape index (κ3) is 4.24. The topological polar surface area (TPSA) is 69.7 Å². The van der Waals surface area contributed by atoms with Gasteiger partial charge < -0.3 is 5.32 Å². The first-order valence-corrected chi connectivity index (χ1v) is 11.6. The molecule has 2 saturated carbocycles. The van der Waals surface area contributed by atoms with Crippen molar-refractivity contribution >= 4 is 35.8 Å². The summed E-state index contributed by atoms with van der Waals surface area (Å²) in [5, 5.41) is 3.02. The predicted molar refractivity (Wildman–Crippen MR) is 121 cm³/mol. The molecule has 168 valence electrons. The molecule has 4 fully saturated rings. The van der Waals surface area contributed by atoms with Crippen LogP contribution in [0.15, 0.2) is 24.3 Å². The van der Waals surface area contributed by atoms with Crippen LogP contribution < -0.4 is 5.32 Å². The minimum Gasteiger partial charge on any atom is -0.326 e. The van der Waals surface area contributed by atoms with Crippen LogP contribution >= 0.6 is 12.4 Å². The second-order valence-electron chi connectivity index (χ2n) is 9.51. The van der Waals surface area contributed by atoms with Crippen LogP contribution in [0.3, 0.4) is 0 Å². The fourth-order valence-corrected chi connectivity index (χ4v) is 6.26. The van der Waals surface area contributed by atoms with Crippen LogP contribution in [-0.4, -0.2) is 47.2 Å². The summed E-state index contributed by atoms with van der Waals surface area (Å²) in [5.74, 6) is 0.357. The number of carbonyl (C=O) groups is 3. The average molecular weight is 446 g/mol. The number of hydrogen-bond acceptors (Lipinski definition) is 4. The first kappa shape index (κ1) is 22.3. The monoisotopic (exact) mass is 445 g/mol. The molecule has 6 nitrogen and oxygen atoms in total. The molecule has 2 bridgehead atoms. The van der Waals surface area contributed by atoms with Gasteiger partial charge in [-0.25, -0.2) is 0 Å². The molecule has 2 heterocycles. The highest BCUT2D eigenvalue weighted by Crippen LogP contribution is 2.56. The SMILES string of the molecule is Cl.O=C(CCN1C(=O)C2C3CCC(C3)C2C1=O)Nc1ccccc1CN1CCCCC1. The van der Waals surface area contributed by atoms with E-state index < -0.39 is 0 Å². The van der Waals surface area contributed by atoms with Gasteiger partial charge >= 0.3 is 0 Å². The Morgan fingerprint density at radius 3 is 2.29 bits per heavy atom. The number of carbonyl (C=O) groups excluding carboxylic acids is 3. The minimum absolute atomic E-state index is 0. The molecule has 2 saturated heterocycles. The molecule has 3 amide bonds. The molecule has 4 atom stereocenters. The molecule has 5 rings (SSSR count). The fraction of sp³-hybridized carbons (Fsp3) is 0.625. The normalized spacial score (nSPS) is 29.7. The summed E-state index contributed by atoms with van der Waals surface area (Å²) >= 11 is 0. The number of para-hydroxylation sites is 1. The maximum Gasteiger partial charge on any atom is 0.233 e. The van der Waals surface area contributed by atoms with E-state index in [1.807, 2.05) is 18.2 Å². The Morgan fingerprint density at radius 2 is 1.61 bits per heavy atom. The zero-order valence-corrected chi connectivity index (χ0v) is 18.7. The number of likely N-dealkylation sites (tertiary alicyclic amines) is 2. The van der Waals surface area contributed by atoms with E-state index in [0.717, 1.165) is 50.1 Å². The molecular weight excluding hydrogens is 414 g/mol. The zero-order valence-electron chi connectivity index (χ0n) is 17.9. The van der Waals surface area contributed by atoms with Crippen LogP contribution in [0.4, 0.5) is 5.69 Å². The Hall–Kier alpha value is -1.92. The largest absolute Gasteiger partial charge is 0.326 e. The van der Waals surface area contributed by atoms with Gasteiger partial charge in [-0.1, -0.05) is 24.6 Å². The molecule has 0 radical (unpaired) electrons. The van der Waals surface area contributed by atoms with Gasteiger partial charge in [0.2, 0.25) is 17.7 Å². The van der Waals surface area contributed by atoms with Crippen molar-refractivity contribution in [1.82, 2.24) is 9.80 Å². The summed E-state index contributed by atoms with van der Waals surface area (Å²) in [7, 11) is 0. The lowest BCUT2D eigenvalue weighted by molar-refractivity contribution is -0.140. The maximum atomic E-state index is 12.8. The van der Waals surface area contributed by atoms with E-state index in [4.69, 9.17) is 0 Å². The predicted octanol–water partition coefficient (Wildman–Crippen LogP) is 3.45. The van der Waals surface area contributed by atoms with Crippen LogP contribution in [0.1, 0.15) is 50.5 Å². The maximum absolute atomic E-state index is 12.8. The van der Waals surface area contributed by atoms with Crippen molar-refractivity contribution in [1.29, 1.82) is 0 Å². The van der Waals surface area contributed by atoms with Crippen LogP contribution in [0, 0.1) is 23.7 Å². The van der Waals surface area contributed by atoms with Gasteiger partial charge in [0.25, 0.3) is 0 Å². The number of imide groups is 1. The number of nitrogens with zero attached hydrogens (tertiary/aromatic N) is 2. The molecule has 4 aliphatic rings. The third-order valence-corrected chi connectivity index (χ3v) is 7.72. The van der Waals surface area contributed by atoms with Gasteiger partial charge in [0, 0.05) is 25.2 Å². The number of benzene rings is 1. The molecule has 1 aromatic carbocycles. The third-order valence-electron chi connectivity index (χ3n) is 7.72. The smallest absolute Gasteiger partial charge is 0.233 e. The highest BCUT2D eigenvalue weighted by molar-refractivity contribution is 6.06. The van der Waals surface area contributed by atoms with Crippen LogP contribution in [0.2, 0.25) is 0 Å². The number of anilines is 1. The van der Waals surface area contributed by atoms with E-state index in [-0.39, 0.29) is 54.9 Å². The number of nitrogens with one attached hydrogen (secondary N) is 1. The summed E-state index contributed by atoms with van der Waals surface area (Å²) in [6.07, 6.45) is 7.11. The molecule has 2 aliphatic carbocycles. The zero-order chi connectivity index (χ0) is 20.7. The van der Waals surface area contributed by atoms with E-state index in [2.05, 4.69) is 16.3 Å². The number of piperidine rings is 1. The Bertz CT molecular complexity index is 826. The van der Waals surface area contributed by atoms with Crippen molar-refractivity contribution in [2.75, 3.05) is 25.0 Å². The van der Waals surface area contributed by atoms with Crippen molar-refractivity contribution in [2.45, 2.75) is 51.5 Å². The summed E-state index contributed by atoms with van der Waals surface area (Å²) in [6, 6.07) is 7.93. The van der Waals surface area contributed by atoms with Crippen molar-refractivity contribution in [3.63, 3.8) is 0 Å². The average Bonchev–Trinajstić information content (AvgIpc) is 3.43. The van der Waals surface area contributed by atoms with Crippen molar-refractivity contribution in [2.24, 2.45) is 23.7 Å². The molecule has 7 heteroatoms. The fourth-order valence-electron chi connectivity index (χ4n) is 6.26. The second-order valence-corrected chi connectivity index (χ2v) is 9.51. The molecule has 4 unspecified atom stereocenters. The van der Waals surface area contributed by atoms with Crippen molar-refractivity contribution < 1.29 is 14.4 Å². The highest BCUT2D eigenvalue weighted by Gasteiger charge is 2.60. The lowest BCUT2D eigenvalue weighted by atomic mass is 9.81. The van der Waals surface area contributed by atoms with Gasteiger partial charge in [-0.15, -0.1) is 12.4 Å². The summed E-state index contributed by atoms with van der Waals surface area (Å²) in [4.78, 5) is 42.1. The lowest BCUT2D eigenvalue weighted by Gasteiger charge is -2.27. The molecule has 2 aliphatic heterocycles. The van der Waals surface area contributed by atoms with E-state index in [1.165, 1.54) is 24.2 Å². The first-order chi connectivity index (χ1) is 14.6. The van der Waals surface area contributed by atoms with E-state index in [9.17, 15) is 14.4 Å². The Morgan fingerprint density at radius 1 is 0.968 bits per heavy atom. The lowest BCUT2D eigenvalue weighted by Crippen LogP contribution is -2.35. The standard InChI is InChI=1S/C24H31N3O3.ClH/c28-20(25-19-7-3-2-6-18(19)15-26-11-4-1-5-12-26)10-13-27-23(29)21-16-8-9-17(14-16)22(21)24(27)30;/h2-3,6-7,16-17,21-22H,1,4-5,8-15H2,(H,25,28);1H. The molecule has 31 heavy (non-hydrogen) atoms. The van der Waals surface area contributed by atoms with Gasteiger partial charge in [0.15, 0.2) is 0 Å². The van der Waals surface area contributed by atoms with Crippen LogP contribution in [-0.2, 0) is 20.9 Å². The van der Waals surface area contributed by atoms with E-state index >= 15 is 0 Å². The van der Waals surface area contributed by atoms with Gasteiger partial charge in [-0.2, -0.15) is 0 Å². The Kier molecular flexibility index (Phi) is 6.68. The molecule has 1 aromatic rings. The highest BCUT2D eigenvalue weighted by atomic mass is 35.5. The number of amides is 3. The Labute approximate surface area is 190 Å². The number of hydrogen-bond donors (Lipinski definition) is 1. The first-order valence-electron chi connectivity index (χ1n) is 11.6. The number of halogens is 1. The van der Waals surface area contributed by atoms with Crippen LogP contribution in [0.25, 0.3) is 0 Å². The summed E-state index contributed by atoms with van der Waals surface area (Å²) in [5.41, 5.74) is 1.95. The van der Waals surface area contributed by atoms with Gasteiger partial charge in [0.1, 0.15) is 0 Å². The van der Waals surface area contributed by atoms with Gasteiger partial charge in [-0.05, 0) is 68.7 Å². The van der Waals surface area contributed by atoms with E-state index in [1.54, 1.807) is 0 Å².